The van der Waals surface area contributed by atoms with Crippen molar-refractivity contribution in [2.24, 2.45) is 0 Å². The molecule has 1 atom stereocenters. The van der Waals surface area contributed by atoms with Gasteiger partial charge in [-0.1, -0.05) is 30.3 Å². The highest BCUT2D eigenvalue weighted by atomic mass is 32.2. The minimum atomic E-state index is -0.617. The number of aromatic nitrogens is 1. The van der Waals surface area contributed by atoms with Crippen LogP contribution in [-0.4, -0.2) is 5.91 Å². The van der Waals surface area contributed by atoms with E-state index in [4.69, 9.17) is 0 Å². The smallest absolute Gasteiger partial charge is 0.252 e. The maximum absolute atomic E-state index is 13.0. The summed E-state index contributed by atoms with van der Waals surface area (Å²) in [5.74, 6) is -0.657. The molecule has 0 aliphatic carbocycles. The normalized spacial score (nSPS) is 11.7. The number of benzene rings is 2. The summed E-state index contributed by atoms with van der Waals surface area (Å²) in [7, 11) is 0. The van der Waals surface area contributed by atoms with E-state index in [1.54, 1.807) is 18.2 Å². The van der Waals surface area contributed by atoms with Crippen molar-refractivity contribution >= 4 is 23.4 Å². The Kier molecular flexibility index (Phi) is 5.30. The molecule has 1 N–H and O–H groups in total. The first-order chi connectivity index (χ1) is 12.1. The number of nitrogens with one attached hydrogen (secondary N) is 1. The second-order valence-electron chi connectivity index (χ2n) is 5.27. The molecule has 1 heterocycles. The zero-order chi connectivity index (χ0) is 17.6. The lowest BCUT2D eigenvalue weighted by molar-refractivity contribution is -0.645. The predicted molar refractivity (Wildman–Crippen MR) is 95.5 cm³/mol. The van der Waals surface area contributed by atoms with Crippen molar-refractivity contribution in [1.82, 2.24) is 0 Å². The van der Waals surface area contributed by atoms with Crippen LogP contribution in [0.4, 0.5) is 10.1 Å². The Balaban J connectivity index is 1.87. The molecule has 0 saturated carbocycles. The number of hydrogen-bond acceptors (Lipinski definition) is 3. The predicted octanol–water partition coefficient (Wildman–Crippen LogP) is 3.93. The van der Waals surface area contributed by atoms with Crippen LogP contribution in [0.2, 0.25) is 0 Å². The summed E-state index contributed by atoms with van der Waals surface area (Å²) in [6.07, 6.45) is 1.39. The van der Waals surface area contributed by atoms with Crippen LogP contribution in [0.5, 0.6) is 0 Å². The van der Waals surface area contributed by atoms with Gasteiger partial charge in [-0.25, -0.2) is 4.39 Å². The number of carbonyl (C=O) groups excluding carboxylic acids is 1. The van der Waals surface area contributed by atoms with Crippen LogP contribution >= 0.6 is 11.8 Å². The molecule has 2 aromatic carbocycles. The number of hydrogen-bond donors (Lipinski definition) is 1. The molecule has 25 heavy (non-hydrogen) atoms. The molecule has 4 nitrogen and oxygen atoms in total. The topological polar surface area (TPSA) is 56.0 Å². The SMILES string of the molecule is O=C(Nc1ccc(F)cc1)[C@H](Sc1cccc[n+]1[O-])c1ccccc1. The fraction of sp³-hybridized carbons (Fsp3) is 0.0526. The van der Waals surface area contributed by atoms with Crippen molar-refractivity contribution < 1.29 is 13.9 Å². The van der Waals surface area contributed by atoms with E-state index in [9.17, 15) is 14.4 Å². The Hall–Kier alpha value is -2.86. The summed E-state index contributed by atoms with van der Waals surface area (Å²) in [5.41, 5.74) is 1.27. The first kappa shape index (κ1) is 17.0. The van der Waals surface area contributed by atoms with Gasteiger partial charge in [0, 0.05) is 17.8 Å². The molecule has 1 aromatic heterocycles. The Morgan fingerprint density at radius 1 is 1.00 bits per heavy atom. The van der Waals surface area contributed by atoms with Crippen LogP contribution in [0.25, 0.3) is 0 Å². The summed E-state index contributed by atoms with van der Waals surface area (Å²) in [5, 5.41) is 14.5. The van der Waals surface area contributed by atoms with E-state index < -0.39 is 5.25 Å². The number of carbonyl (C=O) groups is 1. The van der Waals surface area contributed by atoms with E-state index >= 15 is 0 Å². The Bertz CT molecular complexity index is 857. The summed E-state index contributed by atoms with van der Waals surface area (Å²) >= 11 is 1.16. The third-order valence-corrected chi connectivity index (χ3v) is 4.76. The third kappa shape index (κ3) is 4.36. The molecule has 0 bridgehead atoms. The second-order valence-corrected chi connectivity index (χ2v) is 6.39. The van der Waals surface area contributed by atoms with Gasteiger partial charge in [-0.05, 0) is 47.7 Å². The minimum Gasteiger partial charge on any atom is -0.618 e. The fourth-order valence-corrected chi connectivity index (χ4v) is 3.29. The second kappa shape index (κ2) is 7.81. The molecule has 3 rings (SSSR count). The van der Waals surface area contributed by atoms with Crippen LogP contribution in [0.3, 0.4) is 0 Å². The molecule has 126 valence electrons. The van der Waals surface area contributed by atoms with Crippen LogP contribution in [0.1, 0.15) is 10.8 Å². The summed E-state index contributed by atoms with van der Waals surface area (Å²) in [6.45, 7) is 0. The first-order valence-electron chi connectivity index (χ1n) is 7.60. The summed E-state index contributed by atoms with van der Waals surface area (Å²) in [4.78, 5) is 12.8. The molecule has 0 saturated heterocycles. The van der Waals surface area contributed by atoms with E-state index in [2.05, 4.69) is 5.32 Å². The third-order valence-electron chi connectivity index (χ3n) is 3.48. The maximum atomic E-state index is 13.0. The average molecular weight is 354 g/mol. The van der Waals surface area contributed by atoms with E-state index in [1.807, 2.05) is 30.3 Å². The highest BCUT2D eigenvalue weighted by Gasteiger charge is 2.25. The van der Waals surface area contributed by atoms with Gasteiger partial charge in [0.15, 0.2) is 6.20 Å². The first-order valence-corrected chi connectivity index (χ1v) is 8.48. The molecular weight excluding hydrogens is 339 g/mol. The number of amides is 1. The summed E-state index contributed by atoms with van der Waals surface area (Å²) < 4.78 is 13.8. The number of pyridine rings is 1. The molecule has 0 radical (unpaired) electrons. The molecule has 0 spiro atoms. The van der Waals surface area contributed by atoms with Crippen molar-refractivity contribution in [2.75, 3.05) is 5.32 Å². The molecule has 0 fully saturated rings. The lowest BCUT2D eigenvalue weighted by atomic mass is 10.1. The maximum Gasteiger partial charge on any atom is 0.252 e. The van der Waals surface area contributed by atoms with Crippen LogP contribution in [0, 0.1) is 11.0 Å². The fourth-order valence-electron chi connectivity index (χ4n) is 2.27. The van der Waals surface area contributed by atoms with Crippen molar-refractivity contribution in [3.05, 3.63) is 95.6 Å². The van der Waals surface area contributed by atoms with Gasteiger partial charge in [-0.2, -0.15) is 4.73 Å². The van der Waals surface area contributed by atoms with E-state index in [0.717, 1.165) is 22.1 Å². The highest BCUT2D eigenvalue weighted by Crippen LogP contribution is 2.34. The monoisotopic (exact) mass is 354 g/mol. The Labute approximate surface area is 148 Å². The largest absolute Gasteiger partial charge is 0.618 e. The number of nitrogens with zero attached hydrogens (tertiary/aromatic N) is 1. The van der Waals surface area contributed by atoms with Crippen LogP contribution in [0.15, 0.2) is 84.0 Å². The number of halogens is 1. The molecular formula is C19H15FN2O2S. The highest BCUT2D eigenvalue weighted by molar-refractivity contribution is 8.00. The van der Waals surface area contributed by atoms with E-state index in [1.165, 1.54) is 30.5 Å². The van der Waals surface area contributed by atoms with Crippen molar-refractivity contribution in [3.8, 4) is 0 Å². The number of rotatable bonds is 5. The van der Waals surface area contributed by atoms with Crippen LogP contribution < -0.4 is 10.0 Å². The van der Waals surface area contributed by atoms with Gasteiger partial charge in [-0.15, -0.1) is 0 Å². The van der Waals surface area contributed by atoms with Gasteiger partial charge in [0.1, 0.15) is 11.1 Å². The molecule has 1 amide bonds. The van der Waals surface area contributed by atoms with Gasteiger partial charge in [0.25, 0.3) is 5.03 Å². The number of anilines is 1. The Morgan fingerprint density at radius 3 is 2.36 bits per heavy atom. The zero-order valence-electron chi connectivity index (χ0n) is 13.1. The van der Waals surface area contributed by atoms with Gasteiger partial charge in [-0.3, -0.25) is 4.79 Å². The zero-order valence-corrected chi connectivity index (χ0v) is 13.9. The summed E-state index contributed by atoms with van der Waals surface area (Å²) in [6, 6.07) is 19.8. The van der Waals surface area contributed by atoms with Gasteiger partial charge < -0.3 is 10.5 Å². The average Bonchev–Trinajstić information content (AvgIpc) is 2.63. The standard InChI is InChI=1S/C19H15FN2O2S/c20-15-9-11-16(12-10-15)21-19(23)18(14-6-2-1-3-7-14)25-17-8-4-5-13-22(17)24/h1-13,18H,(H,21,23)/t18-/m1/s1. The quantitative estimate of drug-likeness (QED) is 0.429. The van der Waals surface area contributed by atoms with Crippen LogP contribution in [-0.2, 0) is 4.79 Å². The molecule has 3 aromatic rings. The Morgan fingerprint density at radius 2 is 1.68 bits per heavy atom. The van der Waals surface area contributed by atoms with Gasteiger partial charge in [0.05, 0.1) is 0 Å². The van der Waals surface area contributed by atoms with Gasteiger partial charge in [0.2, 0.25) is 5.91 Å². The molecule has 0 unspecified atom stereocenters. The van der Waals surface area contributed by atoms with Crippen molar-refractivity contribution in [2.45, 2.75) is 10.3 Å². The minimum absolute atomic E-state index is 0.285. The molecule has 6 heteroatoms. The van der Waals surface area contributed by atoms with Crippen molar-refractivity contribution in [3.63, 3.8) is 0 Å². The molecule has 0 aliphatic rings. The van der Waals surface area contributed by atoms with Crippen molar-refractivity contribution in [1.29, 1.82) is 0 Å². The van der Waals surface area contributed by atoms with Gasteiger partial charge >= 0.3 is 0 Å². The van der Waals surface area contributed by atoms with E-state index in [-0.39, 0.29) is 11.7 Å². The molecule has 0 aliphatic heterocycles. The lowest BCUT2D eigenvalue weighted by Crippen LogP contribution is -2.29. The van der Waals surface area contributed by atoms with E-state index in [0.29, 0.717) is 10.7 Å². The lowest BCUT2D eigenvalue weighted by Gasteiger charge is -2.16. The number of thioether (sulfide) groups is 1.